The van der Waals surface area contributed by atoms with Gasteiger partial charge in [0.05, 0.1) is 7.11 Å². The van der Waals surface area contributed by atoms with Crippen LogP contribution >= 0.6 is 0 Å². The fraction of sp³-hybridized carbons (Fsp3) is 0.421. The summed E-state index contributed by atoms with van der Waals surface area (Å²) in [5.41, 5.74) is 1.62. The van der Waals surface area contributed by atoms with E-state index in [0.29, 0.717) is 18.1 Å². The molecule has 1 aliphatic heterocycles. The van der Waals surface area contributed by atoms with E-state index < -0.39 is 0 Å². The summed E-state index contributed by atoms with van der Waals surface area (Å²) in [4.78, 5) is 25.0. The minimum absolute atomic E-state index is 0.0312. The molecule has 0 unspecified atom stereocenters. The lowest BCUT2D eigenvalue weighted by atomic mass is 10.1. The Hall–Kier alpha value is -2.67. The quantitative estimate of drug-likeness (QED) is 0.847. The van der Waals surface area contributed by atoms with Gasteiger partial charge in [0.25, 0.3) is 5.91 Å². The summed E-state index contributed by atoms with van der Waals surface area (Å²) in [6.45, 7) is 3.97. The first-order valence-corrected chi connectivity index (χ1v) is 8.82. The highest BCUT2D eigenvalue weighted by Crippen LogP contribution is 2.14. The van der Waals surface area contributed by atoms with Crippen LogP contribution in [0.3, 0.4) is 0 Å². The lowest BCUT2D eigenvalue weighted by Crippen LogP contribution is -2.47. The monoisotopic (exact) mass is 355 g/mol. The van der Waals surface area contributed by atoms with Crippen molar-refractivity contribution in [3.05, 3.63) is 47.9 Å². The maximum atomic E-state index is 12.6. The maximum absolute atomic E-state index is 12.6. The third kappa shape index (κ3) is 4.70. The van der Waals surface area contributed by atoms with Crippen LogP contribution in [0.25, 0.3) is 0 Å². The molecule has 7 heteroatoms. The molecule has 0 radical (unpaired) electrons. The minimum Gasteiger partial charge on any atom is -0.497 e. The molecule has 0 saturated carbocycles. The molecule has 1 aromatic carbocycles. The van der Waals surface area contributed by atoms with Crippen LogP contribution in [0.5, 0.6) is 5.75 Å². The normalized spacial score (nSPS) is 14.9. The number of rotatable bonds is 6. The van der Waals surface area contributed by atoms with Gasteiger partial charge in [0, 0.05) is 38.8 Å². The van der Waals surface area contributed by atoms with E-state index in [1.54, 1.807) is 13.2 Å². The van der Waals surface area contributed by atoms with Gasteiger partial charge in [0.1, 0.15) is 23.6 Å². The van der Waals surface area contributed by atoms with Gasteiger partial charge >= 0.3 is 0 Å². The van der Waals surface area contributed by atoms with Crippen molar-refractivity contribution in [2.24, 2.45) is 0 Å². The second-order valence-electron chi connectivity index (χ2n) is 6.41. The van der Waals surface area contributed by atoms with E-state index in [4.69, 9.17) is 4.74 Å². The Kier molecular flexibility index (Phi) is 6.01. The topological polar surface area (TPSA) is 70.6 Å². The van der Waals surface area contributed by atoms with Crippen LogP contribution in [0.15, 0.2) is 36.7 Å². The van der Waals surface area contributed by atoms with Crippen molar-refractivity contribution in [1.29, 1.82) is 0 Å². The van der Waals surface area contributed by atoms with Gasteiger partial charge < -0.3 is 19.9 Å². The van der Waals surface area contributed by atoms with E-state index in [1.807, 2.05) is 23.1 Å². The Balaban J connectivity index is 1.56. The van der Waals surface area contributed by atoms with E-state index in [9.17, 15) is 4.79 Å². The van der Waals surface area contributed by atoms with Gasteiger partial charge in [-0.05, 0) is 31.2 Å². The minimum atomic E-state index is -0.0312. The first-order chi connectivity index (χ1) is 12.7. The van der Waals surface area contributed by atoms with Crippen LogP contribution < -0.4 is 10.1 Å². The van der Waals surface area contributed by atoms with E-state index in [1.165, 1.54) is 11.9 Å². The second-order valence-corrected chi connectivity index (χ2v) is 6.41. The number of aromatic nitrogens is 2. The third-order valence-electron chi connectivity index (χ3n) is 4.53. The van der Waals surface area contributed by atoms with E-state index in [2.05, 4.69) is 33.3 Å². The first-order valence-electron chi connectivity index (χ1n) is 8.82. The Labute approximate surface area is 154 Å². The number of amides is 1. The Morgan fingerprint density at radius 2 is 2.00 bits per heavy atom. The number of methoxy groups -OCH3 is 1. The van der Waals surface area contributed by atoms with E-state index in [0.717, 1.165) is 38.3 Å². The average molecular weight is 355 g/mol. The molecule has 1 fully saturated rings. The van der Waals surface area contributed by atoms with Crippen molar-refractivity contribution in [1.82, 2.24) is 19.8 Å². The molecule has 1 aliphatic rings. The highest BCUT2D eigenvalue weighted by molar-refractivity contribution is 5.93. The fourth-order valence-electron chi connectivity index (χ4n) is 2.91. The number of piperazine rings is 1. The highest BCUT2D eigenvalue weighted by Gasteiger charge is 2.21. The number of anilines is 1. The van der Waals surface area contributed by atoms with Gasteiger partial charge in [-0.25, -0.2) is 9.97 Å². The van der Waals surface area contributed by atoms with Gasteiger partial charge in [-0.3, -0.25) is 4.79 Å². The van der Waals surface area contributed by atoms with Crippen molar-refractivity contribution >= 4 is 11.7 Å². The Bertz CT molecular complexity index is 744. The summed E-state index contributed by atoms with van der Waals surface area (Å²) < 4.78 is 5.24. The number of carbonyl (C=O) groups excluding carboxylic acids is 1. The molecule has 0 spiro atoms. The number of nitrogens with one attached hydrogen (secondary N) is 1. The molecule has 1 aromatic heterocycles. The third-order valence-corrected chi connectivity index (χ3v) is 4.53. The molecule has 138 valence electrons. The van der Waals surface area contributed by atoms with E-state index in [-0.39, 0.29) is 5.91 Å². The van der Waals surface area contributed by atoms with Crippen LogP contribution in [-0.4, -0.2) is 72.6 Å². The Morgan fingerprint density at radius 3 is 2.77 bits per heavy atom. The predicted molar refractivity (Wildman–Crippen MR) is 101 cm³/mol. The van der Waals surface area contributed by atoms with Crippen LogP contribution in [-0.2, 0) is 6.42 Å². The standard InChI is InChI=1S/C19H25N5O2/c1-23-8-10-24(11-9-23)19(25)17-13-18(22-14-21-17)20-7-6-15-4-3-5-16(12-15)26-2/h3-5,12-14H,6-11H2,1-2H3,(H,20,21,22). The summed E-state index contributed by atoms with van der Waals surface area (Å²) in [6, 6.07) is 9.71. The first kappa shape index (κ1) is 18.1. The number of hydrogen-bond acceptors (Lipinski definition) is 6. The van der Waals surface area contributed by atoms with Crippen molar-refractivity contribution in [2.45, 2.75) is 6.42 Å². The fourth-order valence-corrected chi connectivity index (χ4v) is 2.91. The molecular weight excluding hydrogens is 330 g/mol. The molecule has 3 rings (SSSR count). The lowest BCUT2D eigenvalue weighted by molar-refractivity contribution is 0.0658. The number of benzene rings is 1. The zero-order valence-electron chi connectivity index (χ0n) is 15.3. The van der Waals surface area contributed by atoms with Gasteiger partial charge in [0.15, 0.2) is 0 Å². The summed E-state index contributed by atoms with van der Waals surface area (Å²) in [5.74, 6) is 1.49. The van der Waals surface area contributed by atoms with Crippen molar-refractivity contribution in [3.63, 3.8) is 0 Å². The molecule has 26 heavy (non-hydrogen) atoms. The molecule has 1 amide bonds. The van der Waals surface area contributed by atoms with Crippen molar-refractivity contribution < 1.29 is 9.53 Å². The van der Waals surface area contributed by atoms with Gasteiger partial charge in [-0.15, -0.1) is 0 Å². The van der Waals surface area contributed by atoms with E-state index >= 15 is 0 Å². The number of ether oxygens (including phenoxy) is 1. The molecule has 0 aliphatic carbocycles. The summed E-state index contributed by atoms with van der Waals surface area (Å²) >= 11 is 0. The smallest absolute Gasteiger partial charge is 0.272 e. The number of nitrogens with zero attached hydrogens (tertiary/aromatic N) is 4. The largest absolute Gasteiger partial charge is 0.497 e. The molecule has 7 nitrogen and oxygen atoms in total. The molecular formula is C19H25N5O2. The maximum Gasteiger partial charge on any atom is 0.272 e. The predicted octanol–water partition coefficient (Wildman–Crippen LogP) is 1.53. The van der Waals surface area contributed by atoms with Crippen molar-refractivity contribution in [2.75, 3.05) is 52.2 Å². The van der Waals surface area contributed by atoms with Gasteiger partial charge in [-0.2, -0.15) is 0 Å². The van der Waals surface area contributed by atoms with Gasteiger partial charge in [-0.1, -0.05) is 12.1 Å². The molecule has 0 bridgehead atoms. The zero-order chi connectivity index (χ0) is 18.4. The molecule has 2 heterocycles. The van der Waals surface area contributed by atoms with Crippen LogP contribution in [0.1, 0.15) is 16.1 Å². The van der Waals surface area contributed by atoms with Crippen molar-refractivity contribution in [3.8, 4) is 5.75 Å². The summed E-state index contributed by atoms with van der Waals surface area (Å²) in [5, 5.41) is 3.26. The molecule has 0 atom stereocenters. The van der Waals surface area contributed by atoms with Crippen LogP contribution in [0.2, 0.25) is 0 Å². The van der Waals surface area contributed by atoms with Gasteiger partial charge in [0.2, 0.25) is 0 Å². The number of likely N-dealkylation sites (N-methyl/N-ethyl adjacent to an activating group) is 1. The van der Waals surface area contributed by atoms with Crippen LogP contribution in [0.4, 0.5) is 5.82 Å². The molecule has 1 N–H and O–H groups in total. The molecule has 1 saturated heterocycles. The molecule has 2 aromatic rings. The highest BCUT2D eigenvalue weighted by atomic mass is 16.5. The number of hydrogen-bond donors (Lipinski definition) is 1. The number of carbonyl (C=O) groups is 1. The summed E-state index contributed by atoms with van der Waals surface area (Å²) in [6.07, 6.45) is 2.28. The average Bonchev–Trinajstić information content (AvgIpc) is 2.68. The summed E-state index contributed by atoms with van der Waals surface area (Å²) in [7, 11) is 3.73. The SMILES string of the molecule is COc1cccc(CCNc2cc(C(=O)N3CCN(C)CC3)ncn2)c1. The van der Waals surface area contributed by atoms with Crippen LogP contribution in [0, 0.1) is 0 Å². The lowest BCUT2D eigenvalue weighted by Gasteiger charge is -2.32. The Morgan fingerprint density at radius 1 is 1.19 bits per heavy atom. The zero-order valence-corrected chi connectivity index (χ0v) is 15.3. The second kappa shape index (κ2) is 8.62.